The minimum atomic E-state index is -0.395. The standard InChI is InChI=1S/C62H94N12O12/c1-73(2)27-25-67-57(77)45-34-47(53(83-7)36-51(45)81-5)59(79)71-41-19-15-39(16-20-41)31-49(75)43-33-44(56(86-30-14-10-12-24-70-62(65)66)38-55(43)85-29-13-9-11-23-69-61(63)64)50(76)32-40-17-21-42(22-18-40)72-60(80)48-35-46(52(82-6)37-54(48)84-8)58(78)68-26-28-74(3)4/h33-42H,9-32H2,1-8H3,(H,67,77)(H,68,78)(H,71,79)(H,72,80)(H4,63,64,69)(H4,65,66,70). The predicted octanol–water partition coefficient (Wildman–Crippen LogP) is 5.07. The van der Waals surface area contributed by atoms with Crippen molar-refractivity contribution >= 4 is 47.1 Å². The molecule has 0 saturated heterocycles. The number of ether oxygens (including phenoxy) is 6. The van der Waals surface area contributed by atoms with Gasteiger partial charge in [0, 0.05) is 82.4 Å². The Labute approximate surface area is 506 Å². The molecule has 0 heterocycles. The number of carbonyl (C=O) groups excluding carboxylic acids is 6. The second-order valence-corrected chi connectivity index (χ2v) is 22.5. The molecule has 2 aliphatic carbocycles. The average Bonchev–Trinajstić information content (AvgIpc) is 1.81. The van der Waals surface area contributed by atoms with Crippen molar-refractivity contribution in [1.29, 1.82) is 0 Å². The van der Waals surface area contributed by atoms with Gasteiger partial charge in [0.1, 0.15) is 34.5 Å². The third kappa shape index (κ3) is 21.9. The molecule has 86 heavy (non-hydrogen) atoms. The van der Waals surface area contributed by atoms with Gasteiger partial charge in [-0.3, -0.25) is 38.8 Å². The van der Waals surface area contributed by atoms with Gasteiger partial charge in [-0.15, -0.1) is 0 Å². The van der Waals surface area contributed by atoms with Crippen LogP contribution in [0.25, 0.3) is 0 Å². The Morgan fingerprint density at radius 3 is 1.09 bits per heavy atom. The van der Waals surface area contributed by atoms with E-state index in [0.717, 1.165) is 25.7 Å². The van der Waals surface area contributed by atoms with Gasteiger partial charge in [0.15, 0.2) is 23.5 Å². The highest BCUT2D eigenvalue weighted by Crippen LogP contribution is 2.38. The Bertz CT molecular complexity index is 2620. The molecule has 2 fully saturated rings. The third-order valence-electron chi connectivity index (χ3n) is 15.4. The summed E-state index contributed by atoms with van der Waals surface area (Å²) in [5.41, 5.74) is 23.5. The Balaban J connectivity index is 1.32. The van der Waals surface area contributed by atoms with E-state index in [1.165, 1.54) is 52.7 Å². The molecule has 24 heteroatoms. The lowest BCUT2D eigenvalue weighted by Gasteiger charge is -2.29. The highest BCUT2D eigenvalue weighted by atomic mass is 16.5. The maximum absolute atomic E-state index is 14.7. The van der Waals surface area contributed by atoms with E-state index in [0.29, 0.717) is 115 Å². The Kier molecular flexibility index (Phi) is 28.5. The van der Waals surface area contributed by atoms with Crippen molar-refractivity contribution in [2.45, 2.75) is 115 Å². The lowest BCUT2D eigenvalue weighted by molar-refractivity contribution is 0.0889. The lowest BCUT2D eigenvalue weighted by atomic mass is 9.81. The molecule has 0 radical (unpaired) electrons. The second kappa shape index (κ2) is 35.6. The number of benzene rings is 3. The fourth-order valence-corrected chi connectivity index (χ4v) is 10.6. The smallest absolute Gasteiger partial charge is 0.255 e. The van der Waals surface area contributed by atoms with Crippen molar-refractivity contribution in [3.8, 4) is 34.5 Å². The number of nitrogens with two attached hydrogens (primary N) is 4. The first-order chi connectivity index (χ1) is 41.2. The van der Waals surface area contributed by atoms with Crippen LogP contribution in [0.2, 0.25) is 0 Å². The fraction of sp³-hybridized carbons (Fsp3) is 0.581. The number of unbranched alkanes of at least 4 members (excludes halogenated alkanes) is 4. The number of rotatable bonds is 36. The molecule has 4 amide bonds. The van der Waals surface area contributed by atoms with Gasteiger partial charge >= 0.3 is 0 Å². The number of methoxy groups -OCH3 is 4. The molecule has 474 valence electrons. The fourth-order valence-electron chi connectivity index (χ4n) is 10.6. The zero-order valence-electron chi connectivity index (χ0n) is 51.7. The average molecular weight is 1200 g/mol. The van der Waals surface area contributed by atoms with Gasteiger partial charge in [0.2, 0.25) is 0 Å². The first kappa shape index (κ1) is 68.9. The number of Topliss-reactive ketones (excluding diaryl/α,β-unsaturated/α-hetero) is 2. The normalized spacial score (nSPS) is 16.5. The molecule has 2 aliphatic rings. The molecule has 0 atom stereocenters. The maximum atomic E-state index is 14.7. The lowest BCUT2D eigenvalue weighted by Crippen LogP contribution is -2.38. The Hall–Kier alpha value is -7.86. The maximum Gasteiger partial charge on any atom is 0.255 e. The van der Waals surface area contributed by atoms with E-state index >= 15 is 0 Å². The Morgan fingerprint density at radius 1 is 0.442 bits per heavy atom. The first-order valence-electron chi connectivity index (χ1n) is 29.9. The van der Waals surface area contributed by atoms with E-state index < -0.39 is 11.8 Å². The molecular weight excluding hydrogens is 1100 g/mol. The topological polar surface area (TPSA) is 341 Å². The largest absolute Gasteiger partial charge is 0.496 e. The zero-order valence-corrected chi connectivity index (χ0v) is 51.7. The molecule has 0 aromatic heterocycles. The van der Waals surface area contributed by atoms with E-state index in [1.54, 1.807) is 12.1 Å². The van der Waals surface area contributed by atoms with Gasteiger partial charge in [0.25, 0.3) is 23.6 Å². The van der Waals surface area contributed by atoms with Crippen LogP contribution in [-0.2, 0) is 0 Å². The minimum absolute atomic E-state index is 0.0256. The summed E-state index contributed by atoms with van der Waals surface area (Å²) in [6.45, 7) is 3.56. The first-order valence-corrected chi connectivity index (χ1v) is 29.9. The Morgan fingerprint density at radius 2 is 0.767 bits per heavy atom. The summed E-state index contributed by atoms with van der Waals surface area (Å²) in [6.07, 6.45) is 9.62. The number of carbonyl (C=O) groups is 6. The molecular formula is C62H94N12O12. The number of ketones is 2. The number of aliphatic imine (C=N–C) groups is 2. The molecule has 0 spiro atoms. The van der Waals surface area contributed by atoms with Crippen LogP contribution < -0.4 is 72.6 Å². The molecule has 3 aromatic carbocycles. The van der Waals surface area contributed by atoms with Crippen LogP contribution in [0.4, 0.5) is 0 Å². The summed E-state index contributed by atoms with van der Waals surface area (Å²) < 4.78 is 35.0. The SMILES string of the molecule is COc1cc(OC)c(C(=O)NC2CCC(CC(=O)c3cc(C(=O)CC4CCC(NC(=O)c5cc(C(=O)NCCN(C)C)c(OC)cc5OC)CC4)c(OCCCCCN=C(N)N)cc3OCCCCCN=C(N)N)CC2)cc1C(=O)NCCN(C)C. The molecule has 5 rings (SSSR count). The van der Waals surface area contributed by atoms with Crippen LogP contribution >= 0.6 is 0 Å². The van der Waals surface area contributed by atoms with Gasteiger partial charge in [-0.2, -0.15) is 0 Å². The van der Waals surface area contributed by atoms with Crippen LogP contribution in [0.3, 0.4) is 0 Å². The quantitative estimate of drug-likeness (QED) is 0.0163. The molecule has 0 aliphatic heterocycles. The zero-order chi connectivity index (χ0) is 62.7. The van der Waals surface area contributed by atoms with E-state index in [2.05, 4.69) is 31.3 Å². The molecule has 2 saturated carbocycles. The highest BCUT2D eigenvalue weighted by Gasteiger charge is 2.32. The molecule has 0 bridgehead atoms. The number of nitrogens with zero attached hydrogens (tertiary/aromatic N) is 4. The number of guanidine groups is 2. The number of hydrogen-bond acceptors (Lipinski definition) is 16. The van der Waals surface area contributed by atoms with Crippen LogP contribution in [0.5, 0.6) is 34.5 Å². The van der Waals surface area contributed by atoms with Crippen LogP contribution in [0.15, 0.2) is 46.4 Å². The van der Waals surface area contributed by atoms with Crippen molar-refractivity contribution in [3.63, 3.8) is 0 Å². The van der Waals surface area contributed by atoms with Gasteiger partial charge in [-0.05, 0) is 148 Å². The number of likely N-dealkylation sites (N-methyl/N-ethyl adjacent to an activating group) is 2. The van der Waals surface area contributed by atoms with Gasteiger partial charge < -0.3 is 82.4 Å². The van der Waals surface area contributed by atoms with E-state index in [-0.39, 0.29) is 142 Å². The van der Waals surface area contributed by atoms with Gasteiger partial charge in [-0.1, -0.05) is 0 Å². The van der Waals surface area contributed by atoms with Gasteiger partial charge in [-0.25, -0.2) is 0 Å². The predicted molar refractivity (Wildman–Crippen MR) is 332 cm³/mol. The van der Waals surface area contributed by atoms with Crippen LogP contribution in [-0.4, -0.2) is 178 Å². The number of amides is 4. The molecule has 3 aromatic rings. The monoisotopic (exact) mass is 1200 g/mol. The summed E-state index contributed by atoms with van der Waals surface area (Å²) in [6, 6.07) is 8.97. The minimum Gasteiger partial charge on any atom is -0.496 e. The summed E-state index contributed by atoms with van der Waals surface area (Å²) in [7, 11) is 13.4. The number of nitrogens with one attached hydrogen (secondary N) is 4. The second-order valence-electron chi connectivity index (χ2n) is 22.5. The third-order valence-corrected chi connectivity index (χ3v) is 15.4. The summed E-state index contributed by atoms with van der Waals surface area (Å²) in [5.74, 6) is -0.195. The van der Waals surface area contributed by atoms with Crippen LogP contribution in [0, 0.1) is 11.8 Å². The van der Waals surface area contributed by atoms with Crippen molar-refractivity contribution < 1.29 is 57.2 Å². The van der Waals surface area contributed by atoms with Crippen molar-refractivity contribution in [3.05, 3.63) is 69.8 Å². The molecule has 12 N–H and O–H groups in total. The van der Waals surface area contributed by atoms with Gasteiger partial charge in [0.05, 0.1) is 75.0 Å². The van der Waals surface area contributed by atoms with E-state index in [4.69, 9.17) is 51.4 Å². The highest BCUT2D eigenvalue weighted by molar-refractivity contribution is 6.06. The molecule has 0 unspecified atom stereocenters. The van der Waals surface area contributed by atoms with Crippen molar-refractivity contribution in [1.82, 2.24) is 31.1 Å². The summed E-state index contributed by atoms with van der Waals surface area (Å²) >= 11 is 0. The van der Waals surface area contributed by atoms with E-state index in [1.807, 2.05) is 38.0 Å². The summed E-state index contributed by atoms with van der Waals surface area (Å²) in [4.78, 5) is 95.8. The number of hydrogen-bond donors (Lipinski definition) is 8. The van der Waals surface area contributed by atoms with Crippen molar-refractivity contribution in [2.75, 3.05) is 109 Å². The van der Waals surface area contributed by atoms with Crippen LogP contribution in [0.1, 0.15) is 165 Å². The molecule has 24 nitrogen and oxygen atoms in total. The van der Waals surface area contributed by atoms with E-state index in [9.17, 15) is 28.8 Å². The summed E-state index contributed by atoms with van der Waals surface area (Å²) in [5, 5.41) is 12.0. The van der Waals surface area contributed by atoms with Crippen molar-refractivity contribution in [2.24, 2.45) is 44.8 Å².